The minimum atomic E-state index is -1.38. The summed E-state index contributed by atoms with van der Waals surface area (Å²) < 4.78 is 16.2. The van der Waals surface area contributed by atoms with Gasteiger partial charge in [0.2, 0.25) is 0 Å². The summed E-state index contributed by atoms with van der Waals surface area (Å²) in [7, 11) is 3.14. The first-order valence-electron chi connectivity index (χ1n) is 10.3. The van der Waals surface area contributed by atoms with E-state index < -0.39 is 11.6 Å². The molecule has 1 heterocycles. The predicted molar refractivity (Wildman–Crippen MR) is 124 cm³/mol. The van der Waals surface area contributed by atoms with E-state index in [1.807, 2.05) is 0 Å². The van der Waals surface area contributed by atoms with Gasteiger partial charge in [-0.05, 0) is 59.7 Å². The van der Waals surface area contributed by atoms with Crippen LogP contribution in [0.4, 0.5) is 4.79 Å². The van der Waals surface area contributed by atoms with Gasteiger partial charge in [0.25, 0.3) is 5.91 Å². The lowest BCUT2D eigenvalue weighted by Crippen LogP contribution is -2.45. The van der Waals surface area contributed by atoms with Crippen LogP contribution in [0.15, 0.2) is 72.8 Å². The predicted octanol–water partition coefficient (Wildman–Crippen LogP) is 4.23. The summed E-state index contributed by atoms with van der Waals surface area (Å²) in [6.45, 7) is 0.226. The molecule has 7 nitrogen and oxygen atoms in total. The molecule has 0 aliphatic carbocycles. The van der Waals surface area contributed by atoms with Crippen LogP contribution >= 0.6 is 11.6 Å². The molecule has 170 valence electrons. The number of nitrogens with zero attached hydrogens (tertiary/aromatic N) is 1. The molecular weight excluding hydrogens is 444 g/mol. The third kappa shape index (κ3) is 4.32. The zero-order valence-corrected chi connectivity index (χ0v) is 19.0. The SMILES string of the molecule is COc1ccc(C2(c3ccc(OC)cc3)NC(=O)N(CCOc3ccc(Cl)cc3)C2=O)cc1. The van der Waals surface area contributed by atoms with Gasteiger partial charge < -0.3 is 19.5 Å². The van der Waals surface area contributed by atoms with Crippen molar-refractivity contribution in [3.05, 3.63) is 88.9 Å². The highest BCUT2D eigenvalue weighted by Gasteiger charge is 2.53. The number of nitrogens with one attached hydrogen (secondary N) is 1. The summed E-state index contributed by atoms with van der Waals surface area (Å²) >= 11 is 5.90. The second kappa shape index (κ2) is 9.42. The van der Waals surface area contributed by atoms with Crippen LogP contribution in [0.3, 0.4) is 0 Å². The van der Waals surface area contributed by atoms with Crippen molar-refractivity contribution < 1.29 is 23.8 Å². The Morgan fingerprint density at radius 3 is 1.76 bits per heavy atom. The van der Waals surface area contributed by atoms with Gasteiger partial charge in [-0.3, -0.25) is 9.69 Å². The van der Waals surface area contributed by atoms with Gasteiger partial charge in [0.05, 0.1) is 20.8 Å². The van der Waals surface area contributed by atoms with Crippen LogP contribution in [-0.4, -0.2) is 44.2 Å². The maximum Gasteiger partial charge on any atom is 0.325 e. The number of rotatable bonds is 8. The molecule has 0 spiro atoms. The third-order valence-electron chi connectivity index (χ3n) is 5.55. The van der Waals surface area contributed by atoms with E-state index in [9.17, 15) is 9.59 Å². The van der Waals surface area contributed by atoms with Crippen LogP contribution in [-0.2, 0) is 10.3 Å². The average molecular weight is 467 g/mol. The highest BCUT2D eigenvalue weighted by molar-refractivity contribution is 6.30. The van der Waals surface area contributed by atoms with Gasteiger partial charge in [-0.1, -0.05) is 35.9 Å². The van der Waals surface area contributed by atoms with E-state index in [4.69, 9.17) is 25.8 Å². The maximum absolute atomic E-state index is 13.7. The molecule has 0 aromatic heterocycles. The molecule has 0 saturated carbocycles. The number of carbonyl (C=O) groups is 2. The summed E-state index contributed by atoms with van der Waals surface area (Å²) in [5, 5.41) is 3.51. The van der Waals surface area contributed by atoms with Crippen LogP contribution in [0, 0.1) is 0 Å². The number of methoxy groups -OCH3 is 2. The lowest BCUT2D eigenvalue weighted by atomic mass is 9.82. The molecule has 1 saturated heterocycles. The number of halogens is 1. The van der Waals surface area contributed by atoms with Gasteiger partial charge in [0, 0.05) is 5.02 Å². The number of ether oxygens (including phenoxy) is 3. The molecule has 3 aromatic rings. The number of hydrogen-bond donors (Lipinski definition) is 1. The fourth-order valence-corrected chi connectivity index (χ4v) is 3.93. The summed E-state index contributed by atoms with van der Waals surface area (Å²) in [5.41, 5.74) is -0.142. The van der Waals surface area contributed by atoms with Crippen molar-refractivity contribution in [3.63, 3.8) is 0 Å². The molecule has 1 fully saturated rings. The number of urea groups is 1. The molecule has 1 N–H and O–H groups in total. The fourth-order valence-electron chi connectivity index (χ4n) is 3.80. The second-order valence-corrected chi connectivity index (χ2v) is 7.83. The summed E-state index contributed by atoms with van der Waals surface area (Å²) in [5.74, 6) is 1.51. The lowest BCUT2D eigenvalue weighted by Gasteiger charge is -2.28. The minimum absolute atomic E-state index is 0.0847. The van der Waals surface area contributed by atoms with Crippen LogP contribution in [0.25, 0.3) is 0 Å². The Hall–Kier alpha value is -3.71. The number of imide groups is 1. The molecule has 1 aliphatic rings. The van der Waals surface area contributed by atoms with Crippen molar-refractivity contribution in [2.75, 3.05) is 27.4 Å². The average Bonchev–Trinajstić information content (AvgIpc) is 3.11. The monoisotopic (exact) mass is 466 g/mol. The number of carbonyl (C=O) groups excluding carboxylic acids is 2. The Balaban J connectivity index is 1.63. The molecule has 3 aromatic carbocycles. The highest BCUT2D eigenvalue weighted by atomic mass is 35.5. The maximum atomic E-state index is 13.7. The number of amides is 3. The van der Waals surface area contributed by atoms with Crippen LogP contribution in [0.2, 0.25) is 5.02 Å². The zero-order valence-electron chi connectivity index (χ0n) is 18.2. The zero-order chi connectivity index (χ0) is 23.4. The normalized spacial score (nSPS) is 14.7. The van der Waals surface area contributed by atoms with Crippen LogP contribution < -0.4 is 19.5 Å². The van der Waals surface area contributed by atoms with Crippen molar-refractivity contribution in [3.8, 4) is 17.2 Å². The Morgan fingerprint density at radius 2 is 1.27 bits per heavy atom. The van der Waals surface area contributed by atoms with E-state index in [1.54, 1.807) is 87.0 Å². The van der Waals surface area contributed by atoms with Crippen molar-refractivity contribution in [2.24, 2.45) is 0 Å². The molecule has 33 heavy (non-hydrogen) atoms. The smallest absolute Gasteiger partial charge is 0.325 e. The Labute approximate surface area is 196 Å². The third-order valence-corrected chi connectivity index (χ3v) is 5.80. The van der Waals surface area contributed by atoms with Gasteiger partial charge in [0.15, 0.2) is 5.54 Å². The van der Waals surface area contributed by atoms with Crippen LogP contribution in [0.5, 0.6) is 17.2 Å². The molecule has 8 heteroatoms. The minimum Gasteiger partial charge on any atom is -0.497 e. The molecule has 1 aliphatic heterocycles. The summed E-state index contributed by atoms with van der Waals surface area (Å²) in [6.07, 6.45) is 0. The summed E-state index contributed by atoms with van der Waals surface area (Å²) in [4.78, 5) is 27.9. The van der Waals surface area contributed by atoms with Gasteiger partial charge >= 0.3 is 6.03 Å². The van der Waals surface area contributed by atoms with Crippen molar-refractivity contribution >= 4 is 23.5 Å². The summed E-state index contributed by atoms with van der Waals surface area (Å²) in [6, 6.07) is 20.5. The first-order valence-corrected chi connectivity index (χ1v) is 10.7. The largest absolute Gasteiger partial charge is 0.497 e. The second-order valence-electron chi connectivity index (χ2n) is 7.40. The molecule has 0 radical (unpaired) electrons. The first-order chi connectivity index (χ1) is 16.0. The topological polar surface area (TPSA) is 77.1 Å². The molecule has 4 rings (SSSR count). The van der Waals surface area contributed by atoms with E-state index in [0.717, 1.165) is 0 Å². The van der Waals surface area contributed by atoms with E-state index in [0.29, 0.717) is 33.4 Å². The number of benzene rings is 3. The Kier molecular flexibility index (Phi) is 6.42. The molecule has 3 amide bonds. The van der Waals surface area contributed by atoms with Gasteiger partial charge in [-0.25, -0.2) is 4.79 Å². The Morgan fingerprint density at radius 1 is 0.788 bits per heavy atom. The van der Waals surface area contributed by atoms with Crippen molar-refractivity contribution in [1.29, 1.82) is 0 Å². The Bertz CT molecular complexity index is 1080. The number of hydrogen-bond acceptors (Lipinski definition) is 5. The standard InChI is InChI=1S/C25H23ClN2O5/c1-31-20-9-3-17(4-10-20)25(18-5-11-21(32-2)12-6-18)23(29)28(24(30)27-25)15-16-33-22-13-7-19(26)8-14-22/h3-14H,15-16H2,1-2H3,(H,27,30). The van der Waals surface area contributed by atoms with E-state index in [2.05, 4.69) is 5.32 Å². The van der Waals surface area contributed by atoms with E-state index in [-0.39, 0.29) is 19.1 Å². The molecule has 0 bridgehead atoms. The highest BCUT2D eigenvalue weighted by Crippen LogP contribution is 2.37. The van der Waals surface area contributed by atoms with E-state index in [1.165, 1.54) is 4.90 Å². The van der Waals surface area contributed by atoms with Gasteiger partial charge in [0.1, 0.15) is 23.9 Å². The van der Waals surface area contributed by atoms with Crippen molar-refractivity contribution in [1.82, 2.24) is 10.2 Å². The fraction of sp³-hybridized carbons (Fsp3) is 0.200. The molecule has 0 atom stereocenters. The van der Waals surface area contributed by atoms with Crippen LogP contribution in [0.1, 0.15) is 11.1 Å². The lowest BCUT2D eigenvalue weighted by molar-refractivity contribution is -0.130. The van der Waals surface area contributed by atoms with Gasteiger partial charge in [-0.2, -0.15) is 0 Å². The van der Waals surface area contributed by atoms with Gasteiger partial charge in [-0.15, -0.1) is 0 Å². The molecule has 0 unspecified atom stereocenters. The first kappa shape index (κ1) is 22.5. The quantitative estimate of drug-likeness (QED) is 0.503. The van der Waals surface area contributed by atoms with E-state index >= 15 is 0 Å². The molecular formula is C25H23ClN2O5. The van der Waals surface area contributed by atoms with Crippen molar-refractivity contribution in [2.45, 2.75) is 5.54 Å².